The monoisotopic (exact) mass is 357 g/mol. The van der Waals surface area contributed by atoms with Crippen LogP contribution < -0.4 is 5.32 Å². The molecular weight excluding hydrogens is 330 g/mol. The van der Waals surface area contributed by atoms with Gasteiger partial charge in [0.2, 0.25) is 0 Å². The van der Waals surface area contributed by atoms with Crippen LogP contribution in [0.3, 0.4) is 0 Å². The molecule has 26 heavy (non-hydrogen) atoms. The summed E-state index contributed by atoms with van der Waals surface area (Å²) in [5.74, 6) is 1.77. The Labute approximate surface area is 154 Å². The minimum atomic E-state index is -0.0334. The average Bonchev–Trinajstić information content (AvgIpc) is 3.38. The minimum Gasteiger partial charge on any atom is -0.336 e. The molecule has 1 aromatic heterocycles. The molecule has 140 valence electrons. The van der Waals surface area contributed by atoms with Crippen LogP contribution in [-0.4, -0.2) is 64.2 Å². The zero-order chi connectivity index (χ0) is 18.3. The van der Waals surface area contributed by atoms with Gasteiger partial charge in [0, 0.05) is 45.5 Å². The molecule has 2 fully saturated rings. The Morgan fingerprint density at radius 1 is 1.38 bits per heavy atom. The molecule has 1 aliphatic heterocycles. The molecule has 1 aromatic rings. The lowest BCUT2D eigenvalue weighted by atomic mass is 9.93. The van der Waals surface area contributed by atoms with Crippen LogP contribution in [0, 0.1) is 24.7 Å². The van der Waals surface area contributed by atoms with Crippen LogP contribution in [0.25, 0.3) is 0 Å². The predicted molar refractivity (Wildman–Crippen MR) is 97.7 cm³/mol. The van der Waals surface area contributed by atoms with Crippen molar-refractivity contribution < 1.29 is 9.59 Å². The molecule has 0 radical (unpaired) electrons. The van der Waals surface area contributed by atoms with Crippen LogP contribution >= 0.6 is 0 Å². The molecule has 7 heteroatoms. The molecule has 0 unspecified atom stereocenters. The molecule has 0 aromatic carbocycles. The van der Waals surface area contributed by atoms with Crippen molar-refractivity contribution in [2.75, 3.05) is 32.7 Å². The summed E-state index contributed by atoms with van der Waals surface area (Å²) in [7, 11) is 1.85. The fraction of sp³-hybridized carbons (Fsp3) is 0.632. The Kier molecular flexibility index (Phi) is 4.46. The molecule has 1 saturated carbocycles. The van der Waals surface area contributed by atoms with E-state index in [-0.39, 0.29) is 11.9 Å². The topological polar surface area (TPSA) is 70.5 Å². The summed E-state index contributed by atoms with van der Waals surface area (Å²) in [5.41, 5.74) is 1.46. The first-order chi connectivity index (χ1) is 12.5. The van der Waals surface area contributed by atoms with Gasteiger partial charge in [0.05, 0.1) is 0 Å². The lowest BCUT2D eigenvalue weighted by Gasteiger charge is -2.29. The maximum atomic E-state index is 13.1. The van der Waals surface area contributed by atoms with Gasteiger partial charge in [-0.25, -0.2) is 4.79 Å². The zero-order valence-electron chi connectivity index (χ0n) is 15.5. The number of allylic oxidation sites excluding steroid dienone is 2. The van der Waals surface area contributed by atoms with Gasteiger partial charge in [0.25, 0.3) is 5.91 Å². The number of nitrogens with zero attached hydrogens (tertiary/aromatic N) is 4. The highest BCUT2D eigenvalue weighted by Crippen LogP contribution is 2.43. The molecule has 0 spiro atoms. The Balaban J connectivity index is 1.47. The number of amides is 3. The molecule has 2 bridgehead atoms. The van der Waals surface area contributed by atoms with E-state index in [1.54, 1.807) is 9.58 Å². The molecular formula is C19H27N5O2. The van der Waals surface area contributed by atoms with Crippen LogP contribution in [0.2, 0.25) is 0 Å². The number of carbonyl (C=O) groups excluding carboxylic acids is 2. The molecule has 7 nitrogen and oxygen atoms in total. The third-order valence-electron chi connectivity index (χ3n) is 6.08. The van der Waals surface area contributed by atoms with E-state index in [1.165, 1.54) is 6.42 Å². The Bertz CT molecular complexity index is 721. The molecule has 2 aliphatic carbocycles. The van der Waals surface area contributed by atoms with E-state index >= 15 is 0 Å². The minimum absolute atomic E-state index is 0.0277. The van der Waals surface area contributed by atoms with Crippen molar-refractivity contribution in [2.45, 2.75) is 19.8 Å². The SMILES string of the molecule is Cc1cc(C(=O)N(CCN2CCNC2=O)C[C@@H]2C[C@@H]3C=C[C@H]2C3)nn1C. The Morgan fingerprint density at radius 3 is 2.81 bits per heavy atom. The normalized spacial score (nSPS) is 26.6. The van der Waals surface area contributed by atoms with E-state index in [1.807, 2.05) is 24.9 Å². The molecule has 3 atom stereocenters. The largest absolute Gasteiger partial charge is 0.336 e. The Morgan fingerprint density at radius 2 is 2.23 bits per heavy atom. The first-order valence-electron chi connectivity index (χ1n) is 9.52. The van der Waals surface area contributed by atoms with Gasteiger partial charge in [0.15, 0.2) is 5.69 Å². The molecule has 2 heterocycles. The number of rotatable bonds is 6. The summed E-state index contributed by atoms with van der Waals surface area (Å²) in [6, 6.07) is 1.81. The van der Waals surface area contributed by atoms with Gasteiger partial charge in [-0.15, -0.1) is 0 Å². The highest BCUT2D eigenvalue weighted by molar-refractivity contribution is 5.92. The second-order valence-corrected chi connectivity index (χ2v) is 7.81. The van der Waals surface area contributed by atoms with E-state index in [0.717, 1.165) is 18.7 Å². The summed E-state index contributed by atoms with van der Waals surface area (Å²) in [4.78, 5) is 28.6. The van der Waals surface area contributed by atoms with Crippen LogP contribution in [0.1, 0.15) is 29.0 Å². The fourth-order valence-corrected chi connectivity index (χ4v) is 4.46. The number of carbonyl (C=O) groups is 2. The van der Waals surface area contributed by atoms with Gasteiger partial charge >= 0.3 is 6.03 Å². The fourth-order valence-electron chi connectivity index (χ4n) is 4.46. The van der Waals surface area contributed by atoms with Crippen molar-refractivity contribution in [2.24, 2.45) is 24.8 Å². The first kappa shape index (κ1) is 17.1. The van der Waals surface area contributed by atoms with Gasteiger partial charge in [-0.1, -0.05) is 12.2 Å². The van der Waals surface area contributed by atoms with E-state index < -0.39 is 0 Å². The second-order valence-electron chi connectivity index (χ2n) is 7.81. The van der Waals surface area contributed by atoms with Gasteiger partial charge in [-0.2, -0.15) is 5.10 Å². The number of urea groups is 1. The predicted octanol–water partition coefficient (Wildman–Crippen LogP) is 1.41. The third kappa shape index (κ3) is 3.22. The van der Waals surface area contributed by atoms with Crippen LogP contribution in [-0.2, 0) is 7.05 Å². The van der Waals surface area contributed by atoms with Crippen molar-refractivity contribution in [1.29, 1.82) is 0 Å². The van der Waals surface area contributed by atoms with Gasteiger partial charge in [-0.3, -0.25) is 9.48 Å². The number of nitrogens with one attached hydrogen (secondary N) is 1. The van der Waals surface area contributed by atoms with Crippen LogP contribution in [0.5, 0.6) is 0 Å². The van der Waals surface area contributed by atoms with Crippen LogP contribution in [0.15, 0.2) is 18.2 Å². The number of hydrogen-bond acceptors (Lipinski definition) is 3. The van der Waals surface area contributed by atoms with Crippen molar-refractivity contribution in [3.05, 3.63) is 29.6 Å². The number of hydrogen-bond donors (Lipinski definition) is 1. The highest BCUT2D eigenvalue weighted by atomic mass is 16.2. The van der Waals surface area contributed by atoms with E-state index in [4.69, 9.17) is 0 Å². The average molecular weight is 357 g/mol. The van der Waals surface area contributed by atoms with Gasteiger partial charge in [0.1, 0.15) is 0 Å². The van der Waals surface area contributed by atoms with Crippen LogP contribution in [0.4, 0.5) is 4.79 Å². The highest BCUT2D eigenvalue weighted by Gasteiger charge is 2.37. The van der Waals surface area contributed by atoms with Gasteiger partial charge in [-0.05, 0) is 43.6 Å². The van der Waals surface area contributed by atoms with Crippen molar-refractivity contribution in [3.8, 4) is 0 Å². The first-order valence-corrected chi connectivity index (χ1v) is 9.52. The summed E-state index contributed by atoms with van der Waals surface area (Å²) in [6.07, 6.45) is 7.03. The van der Waals surface area contributed by atoms with Crippen molar-refractivity contribution >= 4 is 11.9 Å². The Hall–Kier alpha value is -2.31. The second kappa shape index (κ2) is 6.78. The molecule has 4 rings (SSSR count). The zero-order valence-corrected chi connectivity index (χ0v) is 15.5. The quantitative estimate of drug-likeness (QED) is 0.783. The number of aryl methyl sites for hydroxylation is 2. The standard InChI is InChI=1S/C19H27N5O2/c1-13-9-17(21-22(13)2)18(25)24(8-7-23-6-5-20-19(23)26)12-16-11-14-3-4-15(16)10-14/h3-4,9,14-16H,5-8,10-12H2,1-2H3,(H,20,26)/t14-,15+,16+/m1/s1. The molecule has 1 N–H and O–H groups in total. The van der Waals surface area contributed by atoms with Crippen molar-refractivity contribution in [3.63, 3.8) is 0 Å². The molecule has 1 saturated heterocycles. The van der Waals surface area contributed by atoms with E-state index in [9.17, 15) is 9.59 Å². The van der Waals surface area contributed by atoms with Gasteiger partial charge < -0.3 is 15.1 Å². The number of aromatic nitrogens is 2. The maximum Gasteiger partial charge on any atom is 0.317 e. The third-order valence-corrected chi connectivity index (χ3v) is 6.08. The molecule has 3 aliphatic rings. The van der Waals surface area contributed by atoms with Crippen molar-refractivity contribution in [1.82, 2.24) is 24.9 Å². The maximum absolute atomic E-state index is 13.1. The lowest BCUT2D eigenvalue weighted by Crippen LogP contribution is -2.42. The smallest absolute Gasteiger partial charge is 0.317 e. The summed E-state index contributed by atoms with van der Waals surface area (Å²) in [6.45, 7) is 5.21. The summed E-state index contributed by atoms with van der Waals surface area (Å²) >= 11 is 0. The van der Waals surface area contributed by atoms with E-state index in [0.29, 0.717) is 49.6 Å². The molecule has 3 amide bonds. The summed E-state index contributed by atoms with van der Waals surface area (Å²) < 4.78 is 1.74. The number of fused-ring (bicyclic) bond motifs is 2. The summed E-state index contributed by atoms with van der Waals surface area (Å²) in [5, 5.41) is 7.19. The lowest BCUT2D eigenvalue weighted by molar-refractivity contribution is 0.0699. The van der Waals surface area contributed by atoms with E-state index in [2.05, 4.69) is 22.6 Å².